The van der Waals surface area contributed by atoms with Crippen LogP contribution in [0.3, 0.4) is 0 Å². The molecule has 1 aliphatic heterocycles. The molecule has 3 heteroatoms. The van der Waals surface area contributed by atoms with Crippen LogP contribution in [0.25, 0.3) is 0 Å². The number of aromatic nitrogens is 2. The Kier molecular flexibility index (Phi) is 4.16. The summed E-state index contributed by atoms with van der Waals surface area (Å²) >= 11 is 0. The fraction of sp³-hybridized carbons (Fsp3) is 0.824. The van der Waals surface area contributed by atoms with Crippen molar-refractivity contribution in [2.24, 2.45) is 11.8 Å². The number of hydrogen-bond donors (Lipinski definition) is 1. The Bertz CT molecular complexity index is 431. The first-order valence-electron chi connectivity index (χ1n) is 8.39. The maximum absolute atomic E-state index is 4.47. The summed E-state index contributed by atoms with van der Waals surface area (Å²) in [6.07, 6.45) is 12.3. The molecule has 1 aromatic heterocycles. The molecule has 2 atom stereocenters. The van der Waals surface area contributed by atoms with E-state index < -0.39 is 0 Å². The lowest BCUT2D eigenvalue weighted by Gasteiger charge is -2.36. The number of imidazole rings is 1. The summed E-state index contributed by atoms with van der Waals surface area (Å²) in [5.74, 6) is 1.77. The normalized spacial score (nSPS) is 30.3. The average Bonchev–Trinajstić information content (AvgIpc) is 2.88. The minimum atomic E-state index is 0.321. The summed E-state index contributed by atoms with van der Waals surface area (Å²) in [5.41, 5.74) is 1.79. The van der Waals surface area contributed by atoms with Crippen molar-refractivity contribution < 1.29 is 0 Å². The highest BCUT2D eigenvalue weighted by atomic mass is 15.1. The van der Waals surface area contributed by atoms with Crippen molar-refractivity contribution in [3.8, 4) is 0 Å². The largest absolute Gasteiger partial charge is 0.334 e. The molecule has 2 unspecified atom stereocenters. The van der Waals surface area contributed by atoms with E-state index in [1.165, 1.54) is 50.8 Å². The fourth-order valence-corrected chi connectivity index (χ4v) is 4.21. The molecule has 20 heavy (non-hydrogen) atoms. The molecule has 1 saturated heterocycles. The van der Waals surface area contributed by atoms with Gasteiger partial charge >= 0.3 is 0 Å². The number of piperidine rings is 1. The number of rotatable bonds is 3. The second-order valence-electron chi connectivity index (χ2n) is 7.38. The predicted molar refractivity (Wildman–Crippen MR) is 82.8 cm³/mol. The highest BCUT2D eigenvalue weighted by Crippen LogP contribution is 2.35. The predicted octanol–water partition coefficient (Wildman–Crippen LogP) is 3.35. The molecular formula is C17H29N3. The van der Waals surface area contributed by atoms with Crippen LogP contribution >= 0.6 is 0 Å². The van der Waals surface area contributed by atoms with Gasteiger partial charge in [-0.2, -0.15) is 0 Å². The van der Waals surface area contributed by atoms with Gasteiger partial charge in [0.15, 0.2) is 0 Å². The van der Waals surface area contributed by atoms with E-state index in [9.17, 15) is 0 Å². The third-order valence-electron chi connectivity index (χ3n) is 5.54. The molecule has 0 spiro atoms. The minimum Gasteiger partial charge on any atom is -0.334 e. The van der Waals surface area contributed by atoms with E-state index in [4.69, 9.17) is 0 Å². The highest BCUT2D eigenvalue weighted by molar-refractivity contribution is 5.15. The molecular weight excluding hydrogens is 246 g/mol. The van der Waals surface area contributed by atoms with Crippen LogP contribution in [-0.2, 0) is 12.0 Å². The monoisotopic (exact) mass is 275 g/mol. The lowest BCUT2D eigenvalue weighted by Crippen LogP contribution is -2.39. The maximum atomic E-state index is 4.47. The Morgan fingerprint density at radius 2 is 2.15 bits per heavy atom. The first-order valence-corrected chi connectivity index (χ1v) is 8.39. The molecule has 0 bridgehead atoms. The summed E-state index contributed by atoms with van der Waals surface area (Å²) in [6, 6.07) is 0. The molecule has 0 amide bonds. The molecule has 0 radical (unpaired) electrons. The molecule has 1 saturated carbocycles. The van der Waals surface area contributed by atoms with Crippen LogP contribution in [0.4, 0.5) is 0 Å². The van der Waals surface area contributed by atoms with Gasteiger partial charge in [-0.15, -0.1) is 0 Å². The van der Waals surface area contributed by atoms with Gasteiger partial charge in [0, 0.05) is 23.9 Å². The zero-order valence-electron chi connectivity index (χ0n) is 13.1. The van der Waals surface area contributed by atoms with Gasteiger partial charge in [-0.1, -0.05) is 26.7 Å². The SMILES string of the molecule is CC1CCCC(Cn2cncc2C2(C)CCNCC2)C1. The topological polar surface area (TPSA) is 29.9 Å². The van der Waals surface area contributed by atoms with Gasteiger partial charge < -0.3 is 9.88 Å². The van der Waals surface area contributed by atoms with Crippen molar-refractivity contribution in [2.45, 2.75) is 64.3 Å². The van der Waals surface area contributed by atoms with Crippen LogP contribution in [0.2, 0.25) is 0 Å². The summed E-state index contributed by atoms with van der Waals surface area (Å²) in [5, 5.41) is 3.48. The van der Waals surface area contributed by atoms with Crippen molar-refractivity contribution in [3.05, 3.63) is 18.2 Å². The Morgan fingerprint density at radius 3 is 2.90 bits per heavy atom. The third-order valence-corrected chi connectivity index (χ3v) is 5.54. The lowest BCUT2D eigenvalue weighted by atomic mass is 9.78. The zero-order valence-corrected chi connectivity index (χ0v) is 13.1. The minimum absolute atomic E-state index is 0.321. The van der Waals surface area contributed by atoms with Gasteiger partial charge in [-0.25, -0.2) is 4.98 Å². The Balaban J connectivity index is 1.72. The maximum Gasteiger partial charge on any atom is 0.0948 e. The van der Waals surface area contributed by atoms with E-state index in [1.807, 2.05) is 0 Å². The van der Waals surface area contributed by atoms with E-state index in [1.54, 1.807) is 0 Å². The van der Waals surface area contributed by atoms with Crippen LogP contribution in [-0.4, -0.2) is 22.6 Å². The third kappa shape index (κ3) is 2.93. The van der Waals surface area contributed by atoms with Crippen LogP contribution < -0.4 is 5.32 Å². The van der Waals surface area contributed by atoms with Crippen LogP contribution in [0.15, 0.2) is 12.5 Å². The molecule has 112 valence electrons. The average molecular weight is 275 g/mol. The van der Waals surface area contributed by atoms with Crippen LogP contribution in [0, 0.1) is 11.8 Å². The Labute approximate surface area is 123 Å². The van der Waals surface area contributed by atoms with Gasteiger partial charge in [-0.05, 0) is 50.6 Å². The lowest BCUT2D eigenvalue weighted by molar-refractivity contribution is 0.245. The van der Waals surface area contributed by atoms with E-state index >= 15 is 0 Å². The summed E-state index contributed by atoms with van der Waals surface area (Å²) in [4.78, 5) is 4.47. The van der Waals surface area contributed by atoms with Crippen LogP contribution in [0.1, 0.15) is 58.1 Å². The second kappa shape index (κ2) is 5.88. The molecule has 2 heterocycles. The van der Waals surface area contributed by atoms with Gasteiger partial charge in [0.25, 0.3) is 0 Å². The van der Waals surface area contributed by atoms with Crippen molar-refractivity contribution in [1.29, 1.82) is 0 Å². The number of nitrogens with one attached hydrogen (secondary N) is 1. The van der Waals surface area contributed by atoms with E-state index in [2.05, 4.69) is 41.2 Å². The quantitative estimate of drug-likeness (QED) is 0.917. The van der Waals surface area contributed by atoms with Gasteiger partial charge in [0.2, 0.25) is 0 Å². The fourth-order valence-electron chi connectivity index (χ4n) is 4.21. The molecule has 3 rings (SSSR count). The molecule has 0 aromatic carbocycles. The Morgan fingerprint density at radius 1 is 1.35 bits per heavy atom. The molecule has 2 aliphatic rings. The van der Waals surface area contributed by atoms with Gasteiger partial charge in [0.05, 0.1) is 6.33 Å². The van der Waals surface area contributed by atoms with Crippen molar-refractivity contribution in [1.82, 2.24) is 14.9 Å². The summed E-state index contributed by atoms with van der Waals surface area (Å²) in [6.45, 7) is 8.30. The van der Waals surface area contributed by atoms with E-state index in [-0.39, 0.29) is 0 Å². The highest BCUT2D eigenvalue weighted by Gasteiger charge is 2.32. The molecule has 2 fully saturated rings. The Hall–Kier alpha value is -0.830. The first-order chi connectivity index (χ1) is 9.67. The molecule has 1 N–H and O–H groups in total. The van der Waals surface area contributed by atoms with E-state index in [0.29, 0.717) is 5.41 Å². The van der Waals surface area contributed by atoms with E-state index in [0.717, 1.165) is 24.9 Å². The smallest absolute Gasteiger partial charge is 0.0948 e. The van der Waals surface area contributed by atoms with Gasteiger partial charge in [-0.3, -0.25) is 0 Å². The zero-order chi connectivity index (χ0) is 14.0. The second-order valence-corrected chi connectivity index (χ2v) is 7.38. The summed E-state index contributed by atoms with van der Waals surface area (Å²) < 4.78 is 2.47. The van der Waals surface area contributed by atoms with Gasteiger partial charge in [0.1, 0.15) is 0 Å². The van der Waals surface area contributed by atoms with Crippen molar-refractivity contribution >= 4 is 0 Å². The number of nitrogens with zero attached hydrogens (tertiary/aromatic N) is 2. The molecule has 1 aliphatic carbocycles. The number of hydrogen-bond acceptors (Lipinski definition) is 2. The molecule has 1 aromatic rings. The van der Waals surface area contributed by atoms with Crippen LogP contribution in [0.5, 0.6) is 0 Å². The van der Waals surface area contributed by atoms with Crippen molar-refractivity contribution in [2.75, 3.05) is 13.1 Å². The van der Waals surface area contributed by atoms with Crippen molar-refractivity contribution in [3.63, 3.8) is 0 Å². The summed E-state index contributed by atoms with van der Waals surface area (Å²) in [7, 11) is 0. The standard InChI is InChI=1S/C17H29N3/c1-14-4-3-5-15(10-14)12-20-13-19-11-16(20)17(2)6-8-18-9-7-17/h11,13-15,18H,3-10,12H2,1-2H3. The first kappa shape index (κ1) is 14.1. The molecule has 3 nitrogen and oxygen atoms in total.